The molecule has 0 saturated carbocycles. The number of halogens is 1. The Labute approximate surface area is 122 Å². The maximum Gasteiger partial charge on any atom is 0.251 e. The van der Waals surface area contributed by atoms with Gasteiger partial charge in [-0.1, -0.05) is 13.8 Å². The molecule has 0 aromatic carbocycles. The first-order chi connectivity index (χ1) is 9.02. The van der Waals surface area contributed by atoms with Gasteiger partial charge in [0, 0.05) is 24.9 Å². The third-order valence-corrected chi connectivity index (χ3v) is 3.32. The Kier molecular flexibility index (Phi) is 7.02. The molecular weight excluding hydrogens is 308 g/mol. The largest absolute Gasteiger partial charge is 0.396 e. The molecule has 0 bridgehead atoms. The summed E-state index contributed by atoms with van der Waals surface area (Å²) in [4.78, 5) is 16.0. The van der Waals surface area contributed by atoms with Gasteiger partial charge < -0.3 is 10.4 Å². The number of pyridine rings is 1. The van der Waals surface area contributed by atoms with Gasteiger partial charge in [0.25, 0.3) is 5.91 Å². The number of aromatic nitrogens is 1. The van der Waals surface area contributed by atoms with E-state index in [1.807, 2.05) is 0 Å². The lowest BCUT2D eigenvalue weighted by Gasteiger charge is -2.18. The fourth-order valence-corrected chi connectivity index (χ4v) is 2.40. The third kappa shape index (κ3) is 6.16. The van der Waals surface area contributed by atoms with E-state index in [9.17, 15) is 4.79 Å². The Hall–Kier alpha value is -0.940. The van der Waals surface area contributed by atoms with Crippen LogP contribution in [-0.2, 0) is 0 Å². The van der Waals surface area contributed by atoms with Crippen LogP contribution in [0.5, 0.6) is 0 Å². The van der Waals surface area contributed by atoms with E-state index in [-0.39, 0.29) is 12.5 Å². The van der Waals surface area contributed by atoms with Crippen molar-refractivity contribution in [1.82, 2.24) is 10.3 Å². The molecule has 0 spiro atoms. The summed E-state index contributed by atoms with van der Waals surface area (Å²) in [6.45, 7) is 5.05. The quantitative estimate of drug-likeness (QED) is 0.756. The van der Waals surface area contributed by atoms with E-state index in [0.717, 1.165) is 12.8 Å². The second-order valence-electron chi connectivity index (χ2n) is 5.09. The maximum absolute atomic E-state index is 12.0. The second-order valence-corrected chi connectivity index (χ2v) is 5.90. The zero-order valence-electron chi connectivity index (χ0n) is 11.4. The molecule has 2 N–H and O–H groups in total. The smallest absolute Gasteiger partial charge is 0.251 e. The third-order valence-electron chi connectivity index (χ3n) is 2.88. The molecule has 1 aromatic rings. The molecule has 0 fully saturated rings. The number of carbonyl (C=O) groups excluding carboxylic acids is 1. The number of amides is 1. The van der Waals surface area contributed by atoms with Gasteiger partial charge in [-0.15, -0.1) is 0 Å². The number of nitrogens with zero attached hydrogens (tertiary/aromatic N) is 1. The second kappa shape index (κ2) is 8.27. The van der Waals surface area contributed by atoms with Crippen LogP contribution in [0.15, 0.2) is 22.9 Å². The van der Waals surface area contributed by atoms with Crippen molar-refractivity contribution in [3.05, 3.63) is 28.5 Å². The van der Waals surface area contributed by atoms with Crippen LogP contribution in [-0.4, -0.2) is 29.1 Å². The molecule has 0 aliphatic carbocycles. The van der Waals surface area contributed by atoms with Gasteiger partial charge in [0.15, 0.2) is 0 Å². The molecule has 5 heteroatoms. The van der Waals surface area contributed by atoms with Crippen molar-refractivity contribution < 1.29 is 9.90 Å². The van der Waals surface area contributed by atoms with Gasteiger partial charge in [0.1, 0.15) is 4.60 Å². The van der Waals surface area contributed by atoms with Crippen molar-refractivity contribution in [1.29, 1.82) is 0 Å². The summed E-state index contributed by atoms with van der Waals surface area (Å²) in [5.41, 5.74) is 0.592. The van der Waals surface area contributed by atoms with Gasteiger partial charge in [-0.05, 0) is 52.7 Å². The van der Waals surface area contributed by atoms with E-state index >= 15 is 0 Å². The van der Waals surface area contributed by atoms with E-state index in [4.69, 9.17) is 5.11 Å². The summed E-state index contributed by atoms with van der Waals surface area (Å²) >= 11 is 3.24. The standard InChI is InChI=1S/C14H21BrN2O2/c1-10(2)7-11(4-6-18)9-17-14(19)12-3-5-16-13(15)8-12/h3,5,8,10-11,18H,4,6-7,9H2,1-2H3,(H,17,19). The van der Waals surface area contributed by atoms with Crippen molar-refractivity contribution in [2.24, 2.45) is 11.8 Å². The first-order valence-electron chi connectivity index (χ1n) is 6.53. The molecule has 0 saturated heterocycles. The monoisotopic (exact) mass is 328 g/mol. The van der Waals surface area contributed by atoms with Gasteiger partial charge in [-0.2, -0.15) is 0 Å². The van der Waals surface area contributed by atoms with Crippen molar-refractivity contribution in [2.75, 3.05) is 13.2 Å². The number of aliphatic hydroxyl groups is 1. The van der Waals surface area contributed by atoms with Crippen molar-refractivity contribution in [3.8, 4) is 0 Å². The lowest BCUT2D eigenvalue weighted by molar-refractivity contribution is 0.0941. The van der Waals surface area contributed by atoms with Crippen LogP contribution in [0.2, 0.25) is 0 Å². The number of aliphatic hydroxyl groups excluding tert-OH is 1. The van der Waals surface area contributed by atoms with E-state index in [0.29, 0.717) is 28.5 Å². The summed E-state index contributed by atoms with van der Waals surface area (Å²) in [5, 5.41) is 12.0. The van der Waals surface area contributed by atoms with Crippen LogP contribution in [0.4, 0.5) is 0 Å². The van der Waals surface area contributed by atoms with Crippen LogP contribution >= 0.6 is 15.9 Å². The van der Waals surface area contributed by atoms with E-state index in [1.165, 1.54) is 0 Å². The van der Waals surface area contributed by atoms with Crippen LogP contribution in [0.25, 0.3) is 0 Å². The van der Waals surface area contributed by atoms with Gasteiger partial charge in [0.2, 0.25) is 0 Å². The minimum atomic E-state index is -0.102. The fourth-order valence-electron chi connectivity index (χ4n) is 2.04. The molecule has 1 rings (SSSR count). The minimum Gasteiger partial charge on any atom is -0.396 e. The number of hydrogen-bond acceptors (Lipinski definition) is 3. The van der Waals surface area contributed by atoms with E-state index < -0.39 is 0 Å². The van der Waals surface area contributed by atoms with Crippen molar-refractivity contribution in [3.63, 3.8) is 0 Å². The van der Waals surface area contributed by atoms with Crippen LogP contribution < -0.4 is 5.32 Å². The highest BCUT2D eigenvalue weighted by Crippen LogP contribution is 2.14. The molecule has 0 aliphatic rings. The average Bonchev–Trinajstić information content (AvgIpc) is 2.35. The maximum atomic E-state index is 12.0. The van der Waals surface area contributed by atoms with Crippen LogP contribution in [0.3, 0.4) is 0 Å². The highest BCUT2D eigenvalue weighted by molar-refractivity contribution is 9.10. The molecule has 106 valence electrons. The van der Waals surface area contributed by atoms with Gasteiger partial charge in [-0.25, -0.2) is 4.98 Å². The van der Waals surface area contributed by atoms with Crippen LogP contribution in [0, 0.1) is 11.8 Å². The van der Waals surface area contributed by atoms with Gasteiger partial charge >= 0.3 is 0 Å². The fraction of sp³-hybridized carbons (Fsp3) is 0.571. The summed E-state index contributed by atoms with van der Waals surface area (Å²) in [6, 6.07) is 3.38. The highest BCUT2D eigenvalue weighted by Gasteiger charge is 2.13. The van der Waals surface area contributed by atoms with Crippen molar-refractivity contribution >= 4 is 21.8 Å². The molecule has 1 heterocycles. The molecule has 19 heavy (non-hydrogen) atoms. The molecule has 1 amide bonds. The van der Waals surface area contributed by atoms with Gasteiger partial charge in [-0.3, -0.25) is 4.79 Å². The molecule has 4 nitrogen and oxygen atoms in total. The van der Waals surface area contributed by atoms with Gasteiger partial charge in [0.05, 0.1) is 0 Å². The molecule has 1 unspecified atom stereocenters. The molecule has 1 aromatic heterocycles. The lowest BCUT2D eigenvalue weighted by Crippen LogP contribution is -2.30. The number of hydrogen-bond donors (Lipinski definition) is 2. The predicted molar refractivity (Wildman–Crippen MR) is 78.9 cm³/mol. The zero-order valence-corrected chi connectivity index (χ0v) is 13.0. The Morgan fingerprint density at radius 1 is 1.53 bits per heavy atom. The number of carbonyl (C=O) groups is 1. The van der Waals surface area contributed by atoms with Crippen LogP contribution in [0.1, 0.15) is 37.0 Å². The predicted octanol–water partition coefficient (Wildman–Crippen LogP) is 2.62. The molecule has 0 aliphatic heterocycles. The number of rotatable bonds is 7. The molecule has 0 radical (unpaired) electrons. The minimum absolute atomic E-state index is 0.102. The first-order valence-corrected chi connectivity index (χ1v) is 7.32. The van der Waals surface area contributed by atoms with E-state index in [1.54, 1.807) is 18.3 Å². The lowest BCUT2D eigenvalue weighted by atomic mass is 9.94. The molecule has 1 atom stereocenters. The normalized spacial score (nSPS) is 12.5. The Morgan fingerprint density at radius 2 is 2.26 bits per heavy atom. The molecular formula is C14H21BrN2O2. The summed E-state index contributed by atoms with van der Waals surface area (Å²) < 4.78 is 0.647. The first kappa shape index (κ1) is 16.1. The topological polar surface area (TPSA) is 62.2 Å². The average molecular weight is 329 g/mol. The highest BCUT2D eigenvalue weighted by atomic mass is 79.9. The zero-order chi connectivity index (χ0) is 14.3. The number of nitrogens with one attached hydrogen (secondary N) is 1. The Balaban J connectivity index is 2.51. The summed E-state index contributed by atoms with van der Waals surface area (Å²) in [5.74, 6) is 0.776. The summed E-state index contributed by atoms with van der Waals surface area (Å²) in [6.07, 6.45) is 3.32. The SMILES string of the molecule is CC(C)CC(CCO)CNC(=O)c1ccnc(Br)c1. The Bertz CT molecular complexity index is 410. The van der Waals surface area contributed by atoms with E-state index in [2.05, 4.69) is 40.1 Å². The van der Waals surface area contributed by atoms with Crippen molar-refractivity contribution in [2.45, 2.75) is 26.7 Å². The summed E-state index contributed by atoms with van der Waals surface area (Å²) in [7, 11) is 0. The Morgan fingerprint density at radius 3 is 2.84 bits per heavy atom.